The Labute approximate surface area is 152 Å². The van der Waals surface area contributed by atoms with Crippen LogP contribution in [-0.4, -0.2) is 67.6 Å². The Morgan fingerprint density at radius 2 is 1.96 bits per heavy atom. The number of carbonyl (C=O) groups is 1. The molecule has 0 N–H and O–H groups in total. The van der Waals surface area contributed by atoms with Crippen LogP contribution in [0.25, 0.3) is 0 Å². The quantitative estimate of drug-likeness (QED) is 0.788. The standard InChI is InChI=1S/C18H24N4O2S/c1-20(13-15-3-5-16(24-2)6-4-15)17(23)14-21-8-10-22(11-9-21)18-19-7-12-25-18/h3-7,12H,8-11,13-14H2,1-2H3. The number of anilines is 1. The van der Waals surface area contributed by atoms with Crippen molar-refractivity contribution < 1.29 is 9.53 Å². The first-order valence-corrected chi connectivity index (χ1v) is 9.27. The Bertz CT molecular complexity index is 667. The maximum Gasteiger partial charge on any atom is 0.236 e. The average Bonchev–Trinajstić information content (AvgIpc) is 3.17. The van der Waals surface area contributed by atoms with Crippen molar-refractivity contribution in [3.8, 4) is 5.75 Å². The van der Waals surface area contributed by atoms with Crippen molar-refractivity contribution in [3.63, 3.8) is 0 Å². The molecule has 0 saturated carbocycles. The summed E-state index contributed by atoms with van der Waals surface area (Å²) < 4.78 is 5.16. The van der Waals surface area contributed by atoms with Crippen LogP contribution in [0.1, 0.15) is 5.56 Å². The Hall–Kier alpha value is -2.12. The first kappa shape index (κ1) is 17.7. The number of amides is 1. The van der Waals surface area contributed by atoms with E-state index in [4.69, 9.17) is 4.74 Å². The van der Waals surface area contributed by atoms with Crippen molar-refractivity contribution in [1.82, 2.24) is 14.8 Å². The van der Waals surface area contributed by atoms with E-state index < -0.39 is 0 Å². The molecule has 1 saturated heterocycles. The highest BCUT2D eigenvalue weighted by Crippen LogP contribution is 2.19. The van der Waals surface area contributed by atoms with Gasteiger partial charge in [0.2, 0.25) is 5.91 Å². The fourth-order valence-electron chi connectivity index (χ4n) is 2.87. The number of hydrogen-bond donors (Lipinski definition) is 0. The van der Waals surface area contributed by atoms with Crippen LogP contribution >= 0.6 is 11.3 Å². The monoisotopic (exact) mass is 360 g/mol. The van der Waals surface area contributed by atoms with Crippen LogP contribution < -0.4 is 9.64 Å². The molecule has 3 rings (SSSR count). The molecule has 2 heterocycles. The molecule has 0 atom stereocenters. The number of nitrogens with zero attached hydrogens (tertiary/aromatic N) is 4. The van der Waals surface area contributed by atoms with Crippen molar-refractivity contribution in [2.45, 2.75) is 6.54 Å². The number of likely N-dealkylation sites (N-methyl/N-ethyl adjacent to an activating group) is 1. The second-order valence-electron chi connectivity index (χ2n) is 6.18. The lowest BCUT2D eigenvalue weighted by Crippen LogP contribution is -2.49. The topological polar surface area (TPSA) is 48.9 Å². The van der Waals surface area contributed by atoms with Gasteiger partial charge in [-0.1, -0.05) is 12.1 Å². The van der Waals surface area contributed by atoms with Crippen LogP contribution in [0.15, 0.2) is 35.8 Å². The van der Waals surface area contributed by atoms with Gasteiger partial charge in [-0.3, -0.25) is 9.69 Å². The predicted octanol–water partition coefficient (Wildman–Crippen LogP) is 1.93. The number of piperazine rings is 1. The van der Waals surface area contributed by atoms with Gasteiger partial charge >= 0.3 is 0 Å². The third kappa shape index (κ3) is 4.70. The van der Waals surface area contributed by atoms with E-state index in [0.29, 0.717) is 13.1 Å². The molecule has 1 aliphatic rings. The Kier molecular flexibility index (Phi) is 5.88. The van der Waals surface area contributed by atoms with Crippen LogP contribution in [0, 0.1) is 0 Å². The molecular formula is C18H24N4O2S. The largest absolute Gasteiger partial charge is 0.497 e. The lowest BCUT2D eigenvalue weighted by Gasteiger charge is -2.34. The number of thiazole rings is 1. The fraction of sp³-hybridized carbons (Fsp3) is 0.444. The van der Waals surface area contributed by atoms with Crippen LogP contribution in [0.4, 0.5) is 5.13 Å². The van der Waals surface area contributed by atoms with E-state index in [-0.39, 0.29) is 5.91 Å². The van der Waals surface area contributed by atoms with E-state index in [1.807, 2.05) is 42.9 Å². The number of aromatic nitrogens is 1. The van der Waals surface area contributed by atoms with Crippen molar-refractivity contribution in [2.75, 3.05) is 51.8 Å². The van der Waals surface area contributed by atoms with Crippen LogP contribution in [-0.2, 0) is 11.3 Å². The number of rotatable bonds is 6. The first-order valence-electron chi connectivity index (χ1n) is 8.39. The van der Waals surface area contributed by atoms with Crippen molar-refractivity contribution in [2.24, 2.45) is 0 Å². The third-order valence-electron chi connectivity index (χ3n) is 4.43. The number of methoxy groups -OCH3 is 1. The zero-order valence-electron chi connectivity index (χ0n) is 14.7. The van der Waals surface area contributed by atoms with Gasteiger partial charge < -0.3 is 14.5 Å². The molecule has 0 spiro atoms. The SMILES string of the molecule is COc1ccc(CN(C)C(=O)CN2CCN(c3nccs3)CC2)cc1. The predicted molar refractivity (Wildman–Crippen MR) is 100 cm³/mol. The van der Waals surface area contributed by atoms with E-state index in [1.54, 1.807) is 23.3 Å². The van der Waals surface area contributed by atoms with Crippen LogP contribution in [0.2, 0.25) is 0 Å². The molecule has 2 aromatic rings. The maximum absolute atomic E-state index is 12.5. The number of carbonyl (C=O) groups excluding carboxylic acids is 1. The number of benzene rings is 1. The highest BCUT2D eigenvalue weighted by molar-refractivity contribution is 7.13. The molecule has 0 aliphatic carbocycles. The summed E-state index contributed by atoms with van der Waals surface area (Å²) in [5, 5.41) is 3.07. The second kappa shape index (κ2) is 8.31. The van der Waals surface area contributed by atoms with Gasteiger partial charge in [-0.2, -0.15) is 0 Å². The lowest BCUT2D eigenvalue weighted by molar-refractivity contribution is -0.131. The minimum absolute atomic E-state index is 0.151. The van der Waals surface area contributed by atoms with Crippen LogP contribution in [0.3, 0.4) is 0 Å². The molecule has 0 radical (unpaired) electrons. The summed E-state index contributed by atoms with van der Waals surface area (Å²) in [6, 6.07) is 7.84. The summed E-state index contributed by atoms with van der Waals surface area (Å²) in [4.78, 5) is 23.1. The molecule has 0 bridgehead atoms. The van der Waals surface area contributed by atoms with E-state index in [1.165, 1.54) is 0 Å². The Balaban J connectivity index is 1.45. The molecule has 1 aromatic carbocycles. The fourth-order valence-corrected chi connectivity index (χ4v) is 3.57. The molecule has 1 aromatic heterocycles. The smallest absolute Gasteiger partial charge is 0.236 e. The van der Waals surface area contributed by atoms with Gasteiger partial charge in [0.05, 0.1) is 13.7 Å². The number of ether oxygens (including phenoxy) is 1. The second-order valence-corrected chi connectivity index (χ2v) is 7.05. The first-order chi connectivity index (χ1) is 12.2. The molecule has 1 aliphatic heterocycles. The molecule has 7 heteroatoms. The van der Waals surface area contributed by atoms with E-state index in [2.05, 4.69) is 14.8 Å². The van der Waals surface area contributed by atoms with Gasteiger partial charge in [-0.15, -0.1) is 11.3 Å². The third-order valence-corrected chi connectivity index (χ3v) is 5.26. The summed E-state index contributed by atoms with van der Waals surface area (Å²) in [5.41, 5.74) is 1.10. The lowest BCUT2D eigenvalue weighted by atomic mass is 10.2. The molecule has 25 heavy (non-hydrogen) atoms. The molecule has 1 fully saturated rings. The Morgan fingerprint density at radius 1 is 1.24 bits per heavy atom. The molecule has 134 valence electrons. The summed E-state index contributed by atoms with van der Waals surface area (Å²) in [6.45, 7) is 4.70. The van der Waals surface area contributed by atoms with E-state index in [9.17, 15) is 4.79 Å². The van der Waals surface area contributed by atoms with Crippen LogP contribution in [0.5, 0.6) is 5.75 Å². The minimum atomic E-state index is 0.151. The maximum atomic E-state index is 12.5. The minimum Gasteiger partial charge on any atom is -0.497 e. The summed E-state index contributed by atoms with van der Waals surface area (Å²) in [6.07, 6.45) is 1.84. The van der Waals surface area contributed by atoms with Gasteiger partial charge in [0.25, 0.3) is 0 Å². The van der Waals surface area contributed by atoms with Crippen molar-refractivity contribution in [1.29, 1.82) is 0 Å². The molecule has 1 amide bonds. The van der Waals surface area contributed by atoms with Gasteiger partial charge in [0.15, 0.2) is 5.13 Å². The normalized spacial score (nSPS) is 15.2. The highest BCUT2D eigenvalue weighted by Gasteiger charge is 2.21. The zero-order valence-corrected chi connectivity index (χ0v) is 15.5. The summed E-state index contributed by atoms with van der Waals surface area (Å²) in [7, 11) is 3.51. The molecular weight excluding hydrogens is 336 g/mol. The van der Waals surface area contributed by atoms with Gasteiger partial charge in [-0.25, -0.2) is 4.98 Å². The van der Waals surface area contributed by atoms with E-state index >= 15 is 0 Å². The highest BCUT2D eigenvalue weighted by atomic mass is 32.1. The van der Waals surface area contributed by atoms with Gasteiger partial charge in [-0.05, 0) is 17.7 Å². The summed E-state index contributed by atoms with van der Waals surface area (Å²) >= 11 is 1.67. The zero-order chi connectivity index (χ0) is 17.6. The van der Waals surface area contributed by atoms with Crippen molar-refractivity contribution in [3.05, 3.63) is 41.4 Å². The molecule has 0 unspecified atom stereocenters. The average molecular weight is 360 g/mol. The number of hydrogen-bond acceptors (Lipinski definition) is 6. The summed E-state index contributed by atoms with van der Waals surface area (Å²) in [5.74, 6) is 0.981. The van der Waals surface area contributed by atoms with Crippen molar-refractivity contribution >= 4 is 22.4 Å². The Morgan fingerprint density at radius 3 is 2.56 bits per heavy atom. The van der Waals surface area contributed by atoms with Gasteiger partial charge in [0.1, 0.15) is 5.75 Å². The van der Waals surface area contributed by atoms with E-state index in [0.717, 1.165) is 42.6 Å². The molecule has 6 nitrogen and oxygen atoms in total. The van der Waals surface area contributed by atoms with Gasteiger partial charge in [0, 0.05) is 51.3 Å².